The molecule has 0 aromatic heterocycles. The van der Waals surface area contributed by atoms with Gasteiger partial charge in [-0.25, -0.2) is 9.45 Å². The largest absolute Gasteiger partial charge is 0.369 e. The Bertz CT molecular complexity index is 227. The molecular formula is C9H17FN2O3. The van der Waals surface area contributed by atoms with Crippen molar-refractivity contribution in [1.82, 2.24) is 9.96 Å². The van der Waals surface area contributed by atoms with Gasteiger partial charge in [0.2, 0.25) is 0 Å². The van der Waals surface area contributed by atoms with Gasteiger partial charge in [-0.3, -0.25) is 14.5 Å². The van der Waals surface area contributed by atoms with Crippen LogP contribution in [0.2, 0.25) is 0 Å². The van der Waals surface area contributed by atoms with Crippen molar-refractivity contribution in [2.75, 3.05) is 34.5 Å². The molecule has 1 aliphatic heterocycles. The molecule has 1 fully saturated rings. The monoisotopic (exact) mass is 220 g/mol. The Kier molecular flexibility index (Phi) is 4.44. The highest BCUT2D eigenvalue weighted by Gasteiger charge is 2.38. The van der Waals surface area contributed by atoms with Crippen molar-refractivity contribution in [2.45, 2.75) is 18.6 Å². The smallest absolute Gasteiger partial charge is 0.263 e. The number of likely N-dealkylation sites (N-methyl/N-ethyl adjacent to an activating group) is 1. The van der Waals surface area contributed by atoms with Gasteiger partial charge in [0.1, 0.15) is 6.17 Å². The first-order valence-electron chi connectivity index (χ1n) is 4.78. The van der Waals surface area contributed by atoms with Gasteiger partial charge in [0.25, 0.3) is 5.91 Å². The Morgan fingerprint density at radius 1 is 1.60 bits per heavy atom. The Morgan fingerprint density at radius 2 is 2.27 bits per heavy atom. The molecule has 0 aliphatic carbocycles. The Hall–Kier alpha value is -0.720. The van der Waals surface area contributed by atoms with Crippen molar-refractivity contribution in [3.8, 4) is 0 Å². The van der Waals surface area contributed by atoms with Crippen LogP contribution in [0.15, 0.2) is 0 Å². The van der Waals surface area contributed by atoms with Crippen LogP contribution in [-0.4, -0.2) is 62.6 Å². The van der Waals surface area contributed by atoms with Crippen molar-refractivity contribution in [1.29, 1.82) is 0 Å². The highest BCUT2D eigenvalue weighted by atomic mass is 19.1. The summed E-state index contributed by atoms with van der Waals surface area (Å²) in [6, 6.07) is -0.482. The number of halogens is 1. The van der Waals surface area contributed by atoms with Gasteiger partial charge in [0.15, 0.2) is 0 Å². The van der Waals surface area contributed by atoms with E-state index >= 15 is 0 Å². The molecule has 0 bridgehead atoms. The number of ether oxygens (including phenoxy) is 1. The summed E-state index contributed by atoms with van der Waals surface area (Å²) in [7, 11) is 4.44. The molecule has 15 heavy (non-hydrogen) atoms. The minimum absolute atomic E-state index is 0.204. The van der Waals surface area contributed by atoms with E-state index in [1.54, 1.807) is 4.90 Å². The molecule has 1 aliphatic rings. The average molecular weight is 220 g/mol. The lowest BCUT2D eigenvalue weighted by Crippen LogP contribution is -2.44. The van der Waals surface area contributed by atoms with Gasteiger partial charge >= 0.3 is 0 Å². The van der Waals surface area contributed by atoms with E-state index in [0.717, 1.165) is 5.06 Å². The first kappa shape index (κ1) is 12.4. The normalized spacial score (nSPS) is 26.9. The van der Waals surface area contributed by atoms with E-state index in [-0.39, 0.29) is 25.6 Å². The summed E-state index contributed by atoms with van der Waals surface area (Å²) in [6.45, 7) is 0.496. The summed E-state index contributed by atoms with van der Waals surface area (Å²) in [6.07, 6.45) is -0.769. The standard InChI is InChI=1S/C9H17FN2O3/c1-11(15-3)9(13)8-4-7(10)5-12(8)6-14-2/h7-8H,4-6H2,1-3H3/t7-,8+/m1/s1. The molecule has 0 saturated carbocycles. The van der Waals surface area contributed by atoms with Gasteiger partial charge < -0.3 is 4.74 Å². The van der Waals surface area contributed by atoms with Crippen molar-refractivity contribution in [3.63, 3.8) is 0 Å². The molecule has 0 N–H and O–H groups in total. The van der Waals surface area contributed by atoms with E-state index in [2.05, 4.69) is 0 Å². The van der Waals surface area contributed by atoms with Gasteiger partial charge in [0.05, 0.1) is 19.9 Å². The molecule has 1 saturated heterocycles. The zero-order valence-corrected chi connectivity index (χ0v) is 9.27. The number of likely N-dealkylation sites (tertiary alicyclic amines) is 1. The summed E-state index contributed by atoms with van der Waals surface area (Å²) in [5, 5.41) is 1.12. The highest BCUT2D eigenvalue weighted by Crippen LogP contribution is 2.21. The van der Waals surface area contributed by atoms with Crippen LogP contribution in [0.1, 0.15) is 6.42 Å². The molecule has 88 valence electrons. The lowest BCUT2D eigenvalue weighted by molar-refractivity contribution is -0.175. The van der Waals surface area contributed by atoms with Crippen molar-refractivity contribution >= 4 is 5.91 Å². The second kappa shape index (κ2) is 5.39. The summed E-state index contributed by atoms with van der Waals surface area (Å²) in [5.74, 6) is -0.241. The highest BCUT2D eigenvalue weighted by molar-refractivity contribution is 5.81. The van der Waals surface area contributed by atoms with Crippen molar-refractivity contribution < 1.29 is 18.8 Å². The topological polar surface area (TPSA) is 42.0 Å². The Balaban J connectivity index is 2.61. The number of carbonyl (C=O) groups excluding carboxylic acids is 1. The summed E-state index contributed by atoms with van der Waals surface area (Å²) in [4.78, 5) is 18.2. The third kappa shape index (κ3) is 2.87. The number of carbonyl (C=O) groups is 1. The van der Waals surface area contributed by atoms with E-state index in [4.69, 9.17) is 9.57 Å². The Morgan fingerprint density at radius 3 is 2.80 bits per heavy atom. The third-order valence-electron chi connectivity index (χ3n) is 2.52. The van der Waals surface area contributed by atoms with Gasteiger partial charge in [-0.2, -0.15) is 0 Å². The molecule has 0 aromatic rings. The number of rotatable bonds is 4. The fraction of sp³-hybridized carbons (Fsp3) is 0.889. The van der Waals surface area contributed by atoms with Crippen molar-refractivity contribution in [3.05, 3.63) is 0 Å². The fourth-order valence-electron chi connectivity index (χ4n) is 1.71. The SMILES string of the molecule is COCN1C[C@H](F)C[C@H]1C(=O)N(C)OC. The van der Waals surface area contributed by atoms with Crippen LogP contribution in [0.5, 0.6) is 0 Å². The molecule has 0 spiro atoms. The average Bonchev–Trinajstić information content (AvgIpc) is 2.58. The first-order valence-corrected chi connectivity index (χ1v) is 4.78. The number of hydroxylamine groups is 2. The van der Waals surface area contributed by atoms with E-state index in [9.17, 15) is 9.18 Å². The molecule has 0 unspecified atom stereocenters. The maximum absolute atomic E-state index is 13.2. The molecule has 2 atom stereocenters. The summed E-state index contributed by atoms with van der Waals surface area (Å²) < 4.78 is 18.1. The molecule has 0 aromatic carbocycles. The van der Waals surface area contributed by atoms with Gasteiger partial charge in [-0.05, 0) is 0 Å². The lowest BCUT2D eigenvalue weighted by atomic mass is 10.2. The van der Waals surface area contributed by atoms with E-state index in [1.807, 2.05) is 0 Å². The summed E-state index contributed by atoms with van der Waals surface area (Å²) in [5.41, 5.74) is 0. The van der Waals surface area contributed by atoms with E-state index in [1.165, 1.54) is 21.3 Å². The second-order valence-corrected chi connectivity index (χ2v) is 3.56. The molecule has 0 radical (unpaired) electrons. The molecule has 1 amide bonds. The van der Waals surface area contributed by atoms with Crippen LogP contribution in [0.25, 0.3) is 0 Å². The summed E-state index contributed by atoms with van der Waals surface area (Å²) >= 11 is 0. The van der Waals surface area contributed by atoms with Gasteiger partial charge in [-0.15, -0.1) is 0 Å². The maximum atomic E-state index is 13.2. The number of hydrogen-bond acceptors (Lipinski definition) is 4. The number of alkyl halides is 1. The van der Waals surface area contributed by atoms with Crippen LogP contribution in [0.3, 0.4) is 0 Å². The van der Waals surface area contributed by atoms with Crippen LogP contribution < -0.4 is 0 Å². The number of amides is 1. The first-order chi connectivity index (χ1) is 7.10. The predicted octanol–water partition coefficient (Wildman–Crippen LogP) is 0.0225. The molecule has 1 heterocycles. The van der Waals surface area contributed by atoms with Crippen molar-refractivity contribution in [2.24, 2.45) is 0 Å². The molecule has 6 heteroatoms. The minimum Gasteiger partial charge on any atom is -0.369 e. The maximum Gasteiger partial charge on any atom is 0.263 e. The van der Waals surface area contributed by atoms with Gasteiger partial charge in [0, 0.05) is 27.1 Å². The molecule has 1 rings (SSSR count). The van der Waals surface area contributed by atoms with E-state index < -0.39 is 12.2 Å². The van der Waals surface area contributed by atoms with Gasteiger partial charge in [-0.1, -0.05) is 0 Å². The van der Waals surface area contributed by atoms with E-state index in [0.29, 0.717) is 0 Å². The van der Waals surface area contributed by atoms with Crippen LogP contribution in [0.4, 0.5) is 4.39 Å². The predicted molar refractivity (Wildman–Crippen MR) is 51.7 cm³/mol. The Labute approximate surface area is 88.7 Å². The van der Waals surface area contributed by atoms with Crippen LogP contribution in [0, 0.1) is 0 Å². The number of nitrogens with zero attached hydrogens (tertiary/aromatic N) is 2. The fourth-order valence-corrected chi connectivity index (χ4v) is 1.71. The molecular weight excluding hydrogens is 203 g/mol. The zero-order chi connectivity index (χ0) is 11.4. The van der Waals surface area contributed by atoms with Crippen LogP contribution in [-0.2, 0) is 14.4 Å². The zero-order valence-electron chi connectivity index (χ0n) is 9.27. The number of hydrogen-bond donors (Lipinski definition) is 0. The molecule has 5 nitrogen and oxygen atoms in total. The lowest BCUT2D eigenvalue weighted by Gasteiger charge is -2.25. The second-order valence-electron chi connectivity index (χ2n) is 3.56. The minimum atomic E-state index is -0.973. The third-order valence-corrected chi connectivity index (χ3v) is 2.52. The number of methoxy groups -OCH3 is 1. The quantitative estimate of drug-likeness (QED) is 0.626. The van der Waals surface area contributed by atoms with Crippen LogP contribution >= 0.6 is 0 Å².